The Labute approximate surface area is 167 Å². The van der Waals surface area contributed by atoms with Crippen molar-refractivity contribution in [1.29, 1.82) is 0 Å². The summed E-state index contributed by atoms with van der Waals surface area (Å²) < 4.78 is 31.3. The van der Waals surface area contributed by atoms with E-state index in [4.69, 9.17) is 16.3 Å². The monoisotopic (exact) mass is 425 g/mol. The minimum atomic E-state index is -3.63. The quantitative estimate of drug-likeness (QED) is 0.691. The van der Waals surface area contributed by atoms with Gasteiger partial charge in [0.2, 0.25) is 10.0 Å². The van der Waals surface area contributed by atoms with Crippen LogP contribution >= 0.6 is 11.6 Å². The Morgan fingerprint density at radius 2 is 1.96 bits per heavy atom. The van der Waals surface area contributed by atoms with Crippen molar-refractivity contribution in [3.8, 4) is 0 Å². The molecule has 0 atom stereocenters. The minimum absolute atomic E-state index is 0.00240. The average Bonchev–Trinajstić information content (AvgIpc) is 3.34. The summed E-state index contributed by atoms with van der Waals surface area (Å²) in [4.78, 5) is 26.7. The number of aromatic amines is 1. The standard InChI is InChI=1S/C18H20ClN3O5S/c1-12-8-13(19)4-5-15(12)21-17(23)11-27-18(24)16-9-14(10-20-16)28(25,26)22-6-2-3-7-22/h4-5,8-10,20H,2-3,6-7,11H2,1H3,(H,21,23). The first kappa shape index (κ1) is 20.4. The lowest BCUT2D eigenvalue weighted by Crippen LogP contribution is -2.27. The second-order valence-electron chi connectivity index (χ2n) is 6.44. The van der Waals surface area contributed by atoms with Gasteiger partial charge in [0.25, 0.3) is 5.91 Å². The molecular weight excluding hydrogens is 406 g/mol. The molecule has 1 aliphatic heterocycles. The Kier molecular flexibility index (Phi) is 6.07. The predicted octanol–water partition coefficient (Wildman–Crippen LogP) is 2.56. The molecule has 1 fully saturated rings. The number of carbonyl (C=O) groups excluding carboxylic acids is 2. The molecular formula is C18H20ClN3O5S. The average molecular weight is 426 g/mol. The summed E-state index contributed by atoms with van der Waals surface area (Å²) in [5.41, 5.74) is 1.30. The number of aryl methyl sites for hydroxylation is 1. The highest BCUT2D eigenvalue weighted by molar-refractivity contribution is 7.89. The summed E-state index contributed by atoms with van der Waals surface area (Å²) in [6.45, 7) is 2.22. The van der Waals surface area contributed by atoms with Gasteiger partial charge in [-0.15, -0.1) is 0 Å². The zero-order valence-electron chi connectivity index (χ0n) is 15.2. The molecule has 3 rings (SSSR count). The zero-order chi connectivity index (χ0) is 20.3. The molecule has 0 aliphatic carbocycles. The third-order valence-corrected chi connectivity index (χ3v) is 6.49. The third-order valence-electron chi connectivity index (χ3n) is 4.38. The van der Waals surface area contributed by atoms with Crippen LogP contribution in [0.15, 0.2) is 35.4 Å². The van der Waals surface area contributed by atoms with Crippen LogP contribution in [0.1, 0.15) is 28.9 Å². The third kappa shape index (κ3) is 4.54. The van der Waals surface area contributed by atoms with Crippen LogP contribution in [-0.2, 0) is 19.6 Å². The van der Waals surface area contributed by atoms with Gasteiger partial charge in [0.15, 0.2) is 6.61 Å². The van der Waals surface area contributed by atoms with Gasteiger partial charge < -0.3 is 15.0 Å². The second kappa shape index (κ2) is 8.34. The molecule has 150 valence electrons. The smallest absolute Gasteiger partial charge is 0.355 e. The SMILES string of the molecule is Cc1cc(Cl)ccc1NC(=O)COC(=O)c1cc(S(=O)(=O)N2CCCC2)c[nH]1. The van der Waals surface area contributed by atoms with Crippen LogP contribution in [-0.4, -0.2) is 49.3 Å². The highest BCUT2D eigenvalue weighted by Crippen LogP contribution is 2.22. The summed E-state index contributed by atoms with van der Waals surface area (Å²) in [6.07, 6.45) is 2.89. The van der Waals surface area contributed by atoms with Crippen LogP contribution in [0.2, 0.25) is 5.02 Å². The van der Waals surface area contributed by atoms with Crippen molar-refractivity contribution in [2.75, 3.05) is 25.0 Å². The normalized spacial score (nSPS) is 14.8. The van der Waals surface area contributed by atoms with Crippen LogP contribution in [0.25, 0.3) is 0 Å². The van der Waals surface area contributed by atoms with E-state index in [0.29, 0.717) is 23.8 Å². The number of H-pyrrole nitrogens is 1. The predicted molar refractivity (Wildman–Crippen MR) is 104 cm³/mol. The van der Waals surface area contributed by atoms with Gasteiger partial charge in [-0.25, -0.2) is 13.2 Å². The van der Waals surface area contributed by atoms with Crippen molar-refractivity contribution in [2.24, 2.45) is 0 Å². The molecule has 2 N–H and O–H groups in total. The molecule has 0 radical (unpaired) electrons. The number of esters is 1. The molecule has 1 amide bonds. The number of amides is 1. The van der Waals surface area contributed by atoms with E-state index in [2.05, 4.69) is 10.3 Å². The molecule has 1 saturated heterocycles. The summed E-state index contributed by atoms with van der Waals surface area (Å²) in [5, 5.41) is 3.17. The number of ether oxygens (including phenoxy) is 1. The number of anilines is 1. The molecule has 1 aromatic carbocycles. The number of halogens is 1. The first-order chi connectivity index (χ1) is 13.3. The van der Waals surface area contributed by atoms with Crippen molar-refractivity contribution in [3.05, 3.63) is 46.7 Å². The van der Waals surface area contributed by atoms with Gasteiger partial charge in [-0.05, 0) is 49.6 Å². The van der Waals surface area contributed by atoms with Crippen LogP contribution < -0.4 is 5.32 Å². The Balaban J connectivity index is 1.58. The molecule has 28 heavy (non-hydrogen) atoms. The van der Waals surface area contributed by atoms with E-state index in [9.17, 15) is 18.0 Å². The van der Waals surface area contributed by atoms with Gasteiger partial charge in [-0.1, -0.05) is 11.6 Å². The number of nitrogens with one attached hydrogen (secondary N) is 2. The fourth-order valence-electron chi connectivity index (χ4n) is 2.88. The Morgan fingerprint density at radius 3 is 2.64 bits per heavy atom. The molecule has 1 aliphatic rings. The number of hydrogen-bond donors (Lipinski definition) is 2. The fourth-order valence-corrected chi connectivity index (χ4v) is 4.62. The first-order valence-electron chi connectivity index (χ1n) is 8.69. The lowest BCUT2D eigenvalue weighted by molar-refractivity contribution is -0.119. The van der Waals surface area contributed by atoms with Crippen LogP contribution in [0.5, 0.6) is 0 Å². The molecule has 8 nitrogen and oxygen atoms in total. The topological polar surface area (TPSA) is 109 Å². The van der Waals surface area contributed by atoms with Crippen molar-refractivity contribution in [1.82, 2.24) is 9.29 Å². The van der Waals surface area contributed by atoms with Gasteiger partial charge >= 0.3 is 5.97 Å². The van der Waals surface area contributed by atoms with E-state index in [-0.39, 0.29) is 10.6 Å². The summed E-state index contributed by atoms with van der Waals surface area (Å²) >= 11 is 5.87. The highest BCUT2D eigenvalue weighted by atomic mass is 35.5. The number of carbonyl (C=O) groups is 2. The van der Waals surface area contributed by atoms with Crippen LogP contribution in [0, 0.1) is 6.92 Å². The zero-order valence-corrected chi connectivity index (χ0v) is 16.8. The van der Waals surface area contributed by atoms with Gasteiger partial charge in [0, 0.05) is 30.0 Å². The van der Waals surface area contributed by atoms with Crippen LogP contribution in [0.4, 0.5) is 5.69 Å². The molecule has 0 spiro atoms. The number of nitrogens with zero attached hydrogens (tertiary/aromatic N) is 1. The first-order valence-corrected chi connectivity index (χ1v) is 10.5. The second-order valence-corrected chi connectivity index (χ2v) is 8.82. The van der Waals surface area contributed by atoms with Crippen molar-refractivity contribution in [2.45, 2.75) is 24.7 Å². The van der Waals surface area contributed by atoms with Crippen molar-refractivity contribution >= 4 is 39.2 Å². The lowest BCUT2D eigenvalue weighted by atomic mass is 10.2. The molecule has 2 aromatic rings. The van der Waals surface area contributed by atoms with E-state index < -0.39 is 28.5 Å². The minimum Gasteiger partial charge on any atom is -0.451 e. The Morgan fingerprint density at radius 1 is 1.25 bits per heavy atom. The van der Waals surface area contributed by atoms with Gasteiger partial charge in [0.05, 0.1) is 0 Å². The maximum atomic E-state index is 12.5. The van der Waals surface area contributed by atoms with E-state index in [0.717, 1.165) is 18.4 Å². The number of sulfonamides is 1. The number of hydrogen-bond acceptors (Lipinski definition) is 5. The number of benzene rings is 1. The van der Waals surface area contributed by atoms with E-state index >= 15 is 0 Å². The maximum absolute atomic E-state index is 12.5. The molecule has 1 aromatic heterocycles. The van der Waals surface area contributed by atoms with Gasteiger partial charge in [-0.3, -0.25) is 4.79 Å². The summed E-state index contributed by atoms with van der Waals surface area (Å²) in [6, 6.07) is 6.21. The van der Waals surface area contributed by atoms with Gasteiger partial charge in [-0.2, -0.15) is 4.31 Å². The number of rotatable bonds is 6. The molecule has 10 heteroatoms. The largest absolute Gasteiger partial charge is 0.451 e. The summed E-state index contributed by atoms with van der Waals surface area (Å²) in [5.74, 6) is -1.33. The molecule has 0 unspecified atom stereocenters. The van der Waals surface area contributed by atoms with Crippen molar-refractivity contribution in [3.63, 3.8) is 0 Å². The van der Waals surface area contributed by atoms with E-state index in [1.54, 1.807) is 25.1 Å². The summed E-state index contributed by atoms with van der Waals surface area (Å²) in [7, 11) is -3.63. The molecule has 2 heterocycles. The molecule has 0 bridgehead atoms. The Hall–Kier alpha value is -2.36. The maximum Gasteiger partial charge on any atom is 0.355 e. The Bertz CT molecular complexity index is 996. The van der Waals surface area contributed by atoms with Crippen molar-refractivity contribution < 1.29 is 22.7 Å². The molecule has 0 saturated carbocycles. The van der Waals surface area contributed by atoms with Gasteiger partial charge in [0.1, 0.15) is 10.6 Å². The lowest BCUT2D eigenvalue weighted by Gasteiger charge is -2.13. The number of aromatic nitrogens is 1. The highest BCUT2D eigenvalue weighted by Gasteiger charge is 2.29. The fraction of sp³-hybridized carbons (Fsp3) is 0.333. The van der Waals surface area contributed by atoms with E-state index in [1.807, 2.05) is 0 Å². The van der Waals surface area contributed by atoms with Crippen LogP contribution in [0.3, 0.4) is 0 Å². The van der Waals surface area contributed by atoms with E-state index in [1.165, 1.54) is 16.6 Å².